The number of urea groups is 1. The average molecular weight is 288 g/mol. The molecule has 21 heavy (non-hydrogen) atoms. The number of nitrogens with one attached hydrogen (secondary N) is 2. The van der Waals surface area contributed by atoms with E-state index in [-0.39, 0.29) is 25.8 Å². The average Bonchev–Trinajstić information content (AvgIpc) is 2.46. The summed E-state index contributed by atoms with van der Waals surface area (Å²) in [4.78, 5) is 21.9. The molecule has 0 aromatic heterocycles. The van der Waals surface area contributed by atoms with Gasteiger partial charge in [0.2, 0.25) is 0 Å². The largest absolute Gasteiger partial charge is 0.480 e. The van der Waals surface area contributed by atoms with E-state index >= 15 is 0 Å². The van der Waals surface area contributed by atoms with E-state index in [0.717, 1.165) is 10.8 Å². The minimum Gasteiger partial charge on any atom is -0.480 e. The van der Waals surface area contributed by atoms with Crippen molar-refractivity contribution in [2.45, 2.75) is 0 Å². The molecule has 3 N–H and O–H groups in total. The standard InChI is InChI=1S/C15H16N2O4/c18-14(19)10-21-8-7-16-15(20)17-13-6-5-11-3-1-2-4-12(11)9-13/h1-6,9H,7-8,10H2,(H,18,19)(H2,16,17,20). The van der Waals surface area contributed by atoms with E-state index in [9.17, 15) is 9.59 Å². The molecular weight excluding hydrogens is 272 g/mol. The van der Waals surface area contributed by atoms with Crippen molar-refractivity contribution in [2.75, 3.05) is 25.1 Å². The third-order valence-electron chi connectivity index (χ3n) is 2.76. The zero-order chi connectivity index (χ0) is 15.1. The zero-order valence-corrected chi connectivity index (χ0v) is 11.3. The number of anilines is 1. The van der Waals surface area contributed by atoms with Crippen molar-refractivity contribution in [1.82, 2.24) is 5.32 Å². The SMILES string of the molecule is O=C(O)COCCNC(=O)Nc1ccc2ccccc2c1. The maximum atomic E-state index is 11.7. The third-order valence-corrected chi connectivity index (χ3v) is 2.76. The van der Waals surface area contributed by atoms with Crippen molar-refractivity contribution < 1.29 is 19.4 Å². The molecular formula is C15H16N2O4. The van der Waals surface area contributed by atoms with Crippen molar-refractivity contribution in [3.63, 3.8) is 0 Å². The molecule has 0 spiro atoms. The van der Waals surface area contributed by atoms with Gasteiger partial charge in [0, 0.05) is 12.2 Å². The summed E-state index contributed by atoms with van der Waals surface area (Å²) in [5, 5.41) is 15.8. The van der Waals surface area contributed by atoms with Gasteiger partial charge in [-0.1, -0.05) is 30.3 Å². The molecule has 6 nitrogen and oxygen atoms in total. The van der Waals surface area contributed by atoms with E-state index in [1.54, 1.807) is 0 Å². The number of amides is 2. The quantitative estimate of drug-likeness (QED) is 0.710. The maximum Gasteiger partial charge on any atom is 0.329 e. The van der Waals surface area contributed by atoms with Crippen LogP contribution in [0.25, 0.3) is 10.8 Å². The Labute approximate surface area is 121 Å². The van der Waals surface area contributed by atoms with Gasteiger partial charge in [-0.05, 0) is 22.9 Å². The Morgan fingerprint density at radius 3 is 2.62 bits per heavy atom. The Morgan fingerprint density at radius 1 is 1.10 bits per heavy atom. The summed E-state index contributed by atoms with van der Waals surface area (Å²) in [6.45, 7) is 0.0259. The van der Waals surface area contributed by atoms with Gasteiger partial charge in [0.15, 0.2) is 0 Å². The monoisotopic (exact) mass is 288 g/mol. The molecule has 110 valence electrons. The number of carboxylic acids is 1. The lowest BCUT2D eigenvalue weighted by Crippen LogP contribution is -2.31. The number of hydrogen-bond donors (Lipinski definition) is 3. The first-order chi connectivity index (χ1) is 10.1. The van der Waals surface area contributed by atoms with Crippen LogP contribution < -0.4 is 10.6 Å². The van der Waals surface area contributed by atoms with E-state index in [0.29, 0.717) is 5.69 Å². The van der Waals surface area contributed by atoms with Gasteiger partial charge < -0.3 is 20.5 Å². The second kappa shape index (κ2) is 7.25. The minimum atomic E-state index is -1.03. The molecule has 0 aliphatic carbocycles. The smallest absolute Gasteiger partial charge is 0.329 e. The summed E-state index contributed by atoms with van der Waals surface area (Å²) in [6.07, 6.45) is 0. The molecule has 0 aliphatic rings. The van der Waals surface area contributed by atoms with E-state index < -0.39 is 5.97 Å². The molecule has 2 aromatic carbocycles. The molecule has 6 heteroatoms. The molecule has 2 amide bonds. The Hall–Kier alpha value is -2.60. The van der Waals surface area contributed by atoms with Gasteiger partial charge in [0.05, 0.1) is 6.61 Å². The van der Waals surface area contributed by atoms with Gasteiger partial charge in [-0.15, -0.1) is 0 Å². The first-order valence-electron chi connectivity index (χ1n) is 6.48. The predicted octanol–water partition coefficient (Wildman–Crippen LogP) is 2.06. The van der Waals surface area contributed by atoms with Crippen LogP contribution >= 0.6 is 0 Å². The zero-order valence-electron chi connectivity index (χ0n) is 11.3. The van der Waals surface area contributed by atoms with Gasteiger partial charge in [-0.3, -0.25) is 0 Å². The molecule has 0 unspecified atom stereocenters. The fourth-order valence-corrected chi connectivity index (χ4v) is 1.84. The minimum absolute atomic E-state index is 0.150. The molecule has 0 bridgehead atoms. The van der Waals surface area contributed by atoms with Crippen molar-refractivity contribution in [2.24, 2.45) is 0 Å². The normalized spacial score (nSPS) is 10.3. The summed E-state index contributed by atoms with van der Waals surface area (Å²) in [7, 11) is 0. The van der Waals surface area contributed by atoms with Gasteiger partial charge >= 0.3 is 12.0 Å². The van der Waals surface area contributed by atoms with Crippen LogP contribution in [-0.4, -0.2) is 36.9 Å². The molecule has 0 fully saturated rings. The van der Waals surface area contributed by atoms with Gasteiger partial charge in [-0.25, -0.2) is 9.59 Å². The lowest BCUT2D eigenvalue weighted by molar-refractivity contribution is -0.142. The first-order valence-corrected chi connectivity index (χ1v) is 6.48. The molecule has 0 saturated carbocycles. The van der Waals surface area contributed by atoms with Crippen LogP contribution in [0.15, 0.2) is 42.5 Å². The number of rotatable bonds is 6. The Morgan fingerprint density at radius 2 is 1.86 bits per heavy atom. The summed E-state index contributed by atoms with van der Waals surface area (Å²) in [5.74, 6) is -1.03. The summed E-state index contributed by atoms with van der Waals surface area (Å²) in [6, 6.07) is 13.1. The lowest BCUT2D eigenvalue weighted by Gasteiger charge is -2.08. The van der Waals surface area contributed by atoms with Crippen LogP contribution in [0.4, 0.5) is 10.5 Å². The van der Waals surface area contributed by atoms with E-state index in [1.807, 2.05) is 42.5 Å². The number of benzene rings is 2. The first kappa shape index (κ1) is 14.8. The van der Waals surface area contributed by atoms with E-state index in [2.05, 4.69) is 10.6 Å². The molecule has 2 aromatic rings. The Kier molecular flexibility index (Phi) is 5.11. The number of carbonyl (C=O) groups excluding carboxylic acids is 1. The van der Waals surface area contributed by atoms with Crippen LogP contribution in [0.2, 0.25) is 0 Å². The van der Waals surface area contributed by atoms with Gasteiger partial charge in [-0.2, -0.15) is 0 Å². The van der Waals surface area contributed by atoms with Crippen LogP contribution in [0.3, 0.4) is 0 Å². The maximum absolute atomic E-state index is 11.7. The van der Waals surface area contributed by atoms with Crippen LogP contribution in [-0.2, 0) is 9.53 Å². The lowest BCUT2D eigenvalue weighted by atomic mass is 10.1. The highest BCUT2D eigenvalue weighted by Crippen LogP contribution is 2.18. The molecule has 0 heterocycles. The molecule has 0 saturated heterocycles. The molecule has 0 aliphatic heterocycles. The van der Waals surface area contributed by atoms with Crippen molar-refractivity contribution in [1.29, 1.82) is 0 Å². The fourth-order valence-electron chi connectivity index (χ4n) is 1.84. The molecule has 0 radical (unpaired) electrons. The summed E-state index contributed by atoms with van der Waals surface area (Å²) < 4.78 is 4.81. The van der Waals surface area contributed by atoms with Crippen LogP contribution in [0.1, 0.15) is 0 Å². The van der Waals surface area contributed by atoms with Crippen LogP contribution in [0.5, 0.6) is 0 Å². The third kappa shape index (κ3) is 4.77. The number of ether oxygens (including phenoxy) is 1. The second-order valence-electron chi connectivity index (χ2n) is 4.39. The summed E-state index contributed by atoms with van der Waals surface area (Å²) in [5.41, 5.74) is 0.692. The second-order valence-corrected chi connectivity index (χ2v) is 4.39. The molecule has 2 rings (SSSR count). The Balaban J connectivity index is 1.80. The Bertz CT molecular complexity index is 642. The van der Waals surface area contributed by atoms with Crippen LogP contribution in [0, 0.1) is 0 Å². The van der Waals surface area contributed by atoms with E-state index in [1.165, 1.54) is 0 Å². The van der Waals surface area contributed by atoms with Crippen molar-refractivity contribution in [3.8, 4) is 0 Å². The number of hydrogen-bond acceptors (Lipinski definition) is 3. The highest BCUT2D eigenvalue weighted by molar-refractivity contribution is 5.93. The number of carbonyl (C=O) groups is 2. The highest BCUT2D eigenvalue weighted by Gasteiger charge is 2.02. The van der Waals surface area contributed by atoms with Gasteiger partial charge in [0.25, 0.3) is 0 Å². The van der Waals surface area contributed by atoms with E-state index in [4.69, 9.17) is 9.84 Å². The number of carboxylic acid groups (broad SMARTS) is 1. The molecule has 0 atom stereocenters. The van der Waals surface area contributed by atoms with Crippen molar-refractivity contribution >= 4 is 28.5 Å². The number of aliphatic carboxylic acids is 1. The number of fused-ring (bicyclic) bond motifs is 1. The predicted molar refractivity (Wildman–Crippen MR) is 79.4 cm³/mol. The fraction of sp³-hybridized carbons (Fsp3) is 0.200. The summed E-state index contributed by atoms with van der Waals surface area (Å²) >= 11 is 0. The topological polar surface area (TPSA) is 87.7 Å². The highest BCUT2D eigenvalue weighted by atomic mass is 16.5. The van der Waals surface area contributed by atoms with Gasteiger partial charge in [0.1, 0.15) is 6.61 Å². The van der Waals surface area contributed by atoms with Crippen molar-refractivity contribution in [3.05, 3.63) is 42.5 Å².